The van der Waals surface area contributed by atoms with Crippen molar-refractivity contribution in [2.45, 2.75) is 26.2 Å². The van der Waals surface area contributed by atoms with E-state index in [1.54, 1.807) is 13.0 Å². The van der Waals surface area contributed by atoms with Crippen LogP contribution in [0.5, 0.6) is 0 Å². The zero-order valence-corrected chi connectivity index (χ0v) is 11.5. The molecule has 0 atom stereocenters. The number of benzene rings is 1. The van der Waals surface area contributed by atoms with Crippen LogP contribution in [0.3, 0.4) is 0 Å². The summed E-state index contributed by atoms with van der Waals surface area (Å²) >= 11 is 0. The van der Waals surface area contributed by atoms with Crippen molar-refractivity contribution in [1.82, 2.24) is 0 Å². The van der Waals surface area contributed by atoms with Gasteiger partial charge < -0.3 is 4.90 Å². The predicted molar refractivity (Wildman–Crippen MR) is 75.6 cm³/mol. The summed E-state index contributed by atoms with van der Waals surface area (Å²) in [5.74, 6) is 0.0982. The van der Waals surface area contributed by atoms with Crippen molar-refractivity contribution < 1.29 is 8.42 Å². The first-order chi connectivity index (χ1) is 8.61. The molecule has 0 unspecified atom stereocenters. The molecule has 0 bridgehead atoms. The first kappa shape index (κ1) is 13.2. The van der Waals surface area contributed by atoms with E-state index >= 15 is 0 Å². The largest absolute Gasteiger partial charge is 0.371 e. The highest BCUT2D eigenvalue weighted by Crippen LogP contribution is 2.23. The van der Waals surface area contributed by atoms with E-state index in [9.17, 15) is 8.42 Å². The van der Waals surface area contributed by atoms with Gasteiger partial charge in [-0.05, 0) is 44.4 Å². The van der Waals surface area contributed by atoms with Gasteiger partial charge in [-0.2, -0.15) is 0 Å². The van der Waals surface area contributed by atoms with Crippen molar-refractivity contribution in [3.63, 3.8) is 0 Å². The molecule has 1 aromatic carbocycles. The lowest BCUT2D eigenvalue weighted by Crippen LogP contribution is -2.29. The van der Waals surface area contributed by atoms with Gasteiger partial charge in [-0.25, -0.2) is 8.42 Å². The zero-order chi connectivity index (χ0) is 13.0. The van der Waals surface area contributed by atoms with Gasteiger partial charge in [0.1, 0.15) is 0 Å². The number of anilines is 2. The van der Waals surface area contributed by atoms with Gasteiger partial charge in [0.2, 0.25) is 10.0 Å². The Hall–Kier alpha value is -1.23. The Morgan fingerprint density at radius 3 is 2.61 bits per heavy atom. The molecule has 0 aliphatic carbocycles. The molecule has 1 aromatic rings. The Bertz CT molecular complexity index is 493. The third-order valence-electron chi connectivity index (χ3n) is 3.22. The second-order valence-electron chi connectivity index (χ2n) is 4.60. The molecular formula is C13H20N2O2S. The molecular weight excluding hydrogens is 248 g/mol. The molecule has 2 rings (SSSR count). The predicted octanol–water partition coefficient (Wildman–Crippen LogP) is 2.44. The van der Waals surface area contributed by atoms with E-state index in [4.69, 9.17) is 0 Å². The normalized spacial score (nSPS) is 16.6. The molecule has 100 valence electrons. The molecule has 0 amide bonds. The van der Waals surface area contributed by atoms with Crippen molar-refractivity contribution in [3.8, 4) is 0 Å². The molecule has 1 aliphatic heterocycles. The van der Waals surface area contributed by atoms with Crippen molar-refractivity contribution in [3.05, 3.63) is 24.3 Å². The van der Waals surface area contributed by atoms with Crippen molar-refractivity contribution in [2.75, 3.05) is 28.5 Å². The molecule has 4 nitrogen and oxygen atoms in total. The van der Waals surface area contributed by atoms with Gasteiger partial charge in [-0.1, -0.05) is 6.07 Å². The molecule has 0 spiro atoms. The number of piperidine rings is 1. The average Bonchev–Trinajstić information content (AvgIpc) is 2.40. The summed E-state index contributed by atoms with van der Waals surface area (Å²) in [6, 6.07) is 7.64. The van der Waals surface area contributed by atoms with Crippen molar-refractivity contribution >= 4 is 21.4 Å². The summed E-state index contributed by atoms with van der Waals surface area (Å²) in [6.07, 6.45) is 3.72. The van der Waals surface area contributed by atoms with Crippen LogP contribution in [0, 0.1) is 0 Å². The lowest BCUT2D eigenvalue weighted by atomic mass is 10.1. The first-order valence-electron chi connectivity index (χ1n) is 6.46. The number of hydrogen-bond acceptors (Lipinski definition) is 3. The summed E-state index contributed by atoms with van der Waals surface area (Å²) in [5.41, 5.74) is 1.76. The fourth-order valence-corrected chi connectivity index (χ4v) is 2.80. The lowest BCUT2D eigenvalue weighted by molar-refractivity contribution is 0.578. The van der Waals surface area contributed by atoms with Gasteiger partial charge in [-0.3, -0.25) is 4.72 Å². The average molecular weight is 268 g/mol. The first-order valence-corrected chi connectivity index (χ1v) is 8.11. The molecule has 1 N–H and O–H groups in total. The van der Waals surface area contributed by atoms with E-state index in [-0.39, 0.29) is 5.75 Å². The van der Waals surface area contributed by atoms with Gasteiger partial charge in [0.25, 0.3) is 0 Å². The molecule has 1 heterocycles. The summed E-state index contributed by atoms with van der Waals surface area (Å²) in [5, 5.41) is 0. The molecule has 0 saturated carbocycles. The molecule has 0 radical (unpaired) electrons. The molecule has 1 saturated heterocycles. The minimum Gasteiger partial charge on any atom is -0.371 e. The lowest BCUT2D eigenvalue weighted by Gasteiger charge is -2.29. The van der Waals surface area contributed by atoms with Crippen LogP contribution >= 0.6 is 0 Å². The molecule has 1 aliphatic rings. The van der Waals surface area contributed by atoms with Crippen LogP contribution in [0.2, 0.25) is 0 Å². The second kappa shape index (κ2) is 5.61. The van der Waals surface area contributed by atoms with Crippen LogP contribution < -0.4 is 9.62 Å². The third-order valence-corrected chi connectivity index (χ3v) is 4.53. The van der Waals surface area contributed by atoms with E-state index in [1.807, 2.05) is 18.2 Å². The fourth-order valence-electron chi connectivity index (χ4n) is 2.17. The highest BCUT2D eigenvalue weighted by molar-refractivity contribution is 7.92. The molecule has 0 aromatic heterocycles. The van der Waals surface area contributed by atoms with Crippen LogP contribution in [0.4, 0.5) is 11.4 Å². The van der Waals surface area contributed by atoms with E-state index in [2.05, 4.69) is 9.62 Å². The Labute approximate surface area is 109 Å². The van der Waals surface area contributed by atoms with Crippen molar-refractivity contribution in [2.24, 2.45) is 0 Å². The zero-order valence-electron chi connectivity index (χ0n) is 10.7. The molecule has 18 heavy (non-hydrogen) atoms. The maximum absolute atomic E-state index is 11.5. The van der Waals surface area contributed by atoms with Crippen LogP contribution in [-0.2, 0) is 10.0 Å². The number of nitrogens with one attached hydrogen (secondary N) is 1. The van der Waals surface area contributed by atoms with Crippen molar-refractivity contribution in [1.29, 1.82) is 0 Å². The SMILES string of the molecule is CCS(=O)(=O)Nc1cccc(N2CCCCC2)c1. The number of rotatable bonds is 4. The van der Waals surface area contributed by atoms with E-state index in [0.717, 1.165) is 18.8 Å². The van der Waals surface area contributed by atoms with Gasteiger partial charge in [0.05, 0.1) is 11.4 Å². The van der Waals surface area contributed by atoms with Gasteiger partial charge in [-0.15, -0.1) is 0 Å². The Balaban J connectivity index is 2.14. The van der Waals surface area contributed by atoms with E-state index < -0.39 is 10.0 Å². The van der Waals surface area contributed by atoms with Gasteiger partial charge in [0, 0.05) is 18.8 Å². The fraction of sp³-hybridized carbons (Fsp3) is 0.538. The number of hydrogen-bond donors (Lipinski definition) is 1. The highest BCUT2D eigenvalue weighted by Gasteiger charge is 2.12. The van der Waals surface area contributed by atoms with Gasteiger partial charge in [0.15, 0.2) is 0 Å². The maximum Gasteiger partial charge on any atom is 0.232 e. The molecule has 5 heteroatoms. The van der Waals surface area contributed by atoms with Crippen LogP contribution in [0.25, 0.3) is 0 Å². The number of sulfonamides is 1. The topological polar surface area (TPSA) is 49.4 Å². The Kier molecular flexibility index (Phi) is 4.11. The van der Waals surface area contributed by atoms with Crippen LogP contribution in [0.1, 0.15) is 26.2 Å². The quantitative estimate of drug-likeness (QED) is 0.912. The third kappa shape index (κ3) is 3.38. The monoisotopic (exact) mass is 268 g/mol. The van der Waals surface area contributed by atoms with Crippen LogP contribution in [0.15, 0.2) is 24.3 Å². The van der Waals surface area contributed by atoms with Gasteiger partial charge >= 0.3 is 0 Å². The summed E-state index contributed by atoms with van der Waals surface area (Å²) < 4.78 is 25.7. The standard InChI is InChI=1S/C13H20N2O2S/c1-2-18(16,17)14-12-7-6-8-13(11-12)15-9-4-3-5-10-15/h6-8,11,14H,2-5,9-10H2,1H3. The summed E-state index contributed by atoms with van der Waals surface area (Å²) in [6.45, 7) is 3.75. The maximum atomic E-state index is 11.5. The Morgan fingerprint density at radius 1 is 1.22 bits per heavy atom. The summed E-state index contributed by atoms with van der Waals surface area (Å²) in [7, 11) is -3.19. The van der Waals surface area contributed by atoms with E-state index in [0.29, 0.717) is 5.69 Å². The van der Waals surface area contributed by atoms with E-state index in [1.165, 1.54) is 19.3 Å². The smallest absolute Gasteiger partial charge is 0.232 e. The highest BCUT2D eigenvalue weighted by atomic mass is 32.2. The Morgan fingerprint density at radius 2 is 1.94 bits per heavy atom. The van der Waals surface area contributed by atoms with Crippen LogP contribution in [-0.4, -0.2) is 27.3 Å². The number of nitrogens with zero attached hydrogens (tertiary/aromatic N) is 1. The minimum atomic E-state index is -3.19. The summed E-state index contributed by atoms with van der Waals surface area (Å²) in [4.78, 5) is 2.31. The second-order valence-corrected chi connectivity index (χ2v) is 6.61. The molecule has 1 fully saturated rings. The minimum absolute atomic E-state index is 0.0982.